The van der Waals surface area contributed by atoms with Crippen molar-refractivity contribution in [3.8, 4) is 11.3 Å². The lowest BCUT2D eigenvalue weighted by atomic mass is 10.1. The molecule has 2 aromatic carbocycles. The third-order valence-electron chi connectivity index (χ3n) is 4.15. The van der Waals surface area contributed by atoms with E-state index in [0.29, 0.717) is 5.75 Å². The first-order chi connectivity index (χ1) is 12.2. The number of carbonyl (C=O) groups excluding carboxylic acids is 1. The standard InChI is InChI=1S/C20H21N3OS/c1-3-23(4-2)18(24)14-25-20-17-13-9-8-12-16(17)19(21-22-20)15-10-6-5-7-11-15/h5-13H,3-4,14H2,1-2H3. The molecule has 0 saturated heterocycles. The monoisotopic (exact) mass is 351 g/mol. The quantitative estimate of drug-likeness (QED) is 0.623. The fourth-order valence-electron chi connectivity index (χ4n) is 2.79. The minimum atomic E-state index is 0.132. The molecule has 3 aromatic rings. The van der Waals surface area contributed by atoms with Gasteiger partial charge in [-0.1, -0.05) is 66.4 Å². The van der Waals surface area contributed by atoms with Crippen LogP contribution >= 0.6 is 11.8 Å². The Bertz CT molecular complexity index is 863. The molecule has 4 nitrogen and oxygen atoms in total. The van der Waals surface area contributed by atoms with Crippen molar-refractivity contribution in [2.24, 2.45) is 0 Å². The fourth-order valence-corrected chi connectivity index (χ4v) is 3.67. The summed E-state index contributed by atoms with van der Waals surface area (Å²) in [5.41, 5.74) is 1.91. The predicted molar refractivity (Wildman–Crippen MR) is 104 cm³/mol. The van der Waals surface area contributed by atoms with Crippen LogP contribution < -0.4 is 0 Å². The number of aromatic nitrogens is 2. The molecule has 0 aliphatic carbocycles. The third kappa shape index (κ3) is 3.82. The van der Waals surface area contributed by atoms with Crippen molar-refractivity contribution in [3.05, 3.63) is 54.6 Å². The summed E-state index contributed by atoms with van der Waals surface area (Å²) in [5.74, 6) is 0.512. The number of fused-ring (bicyclic) bond motifs is 1. The van der Waals surface area contributed by atoms with Gasteiger partial charge in [0.15, 0.2) is 0 Å². The van der Waals surface area contributed by atoms with Crippen LogP contribution in [0.3, 0.4) is 0 Å². The van der Waals surface area contributed by atoms with E-state index in [0.717, 1.165) is 40.1 Å². The molecule has 0 unspecified atom stereocenters. The number of thioether (sulfide) groups is 1. The summed E-state index contributed by atoms with van der Waals surface area (Å²) in [7, 11) is 0. The van der Waals surface area contributed by atoms with Gasteiger partial charge in [-0.2, -0.15) is 0 Å². The van der Waals surface area contributed by atoms with Crippen LogP contribution in [0.15, 0.2) is 59.6 Å². The zero-order valence-electron chi connectivity index (χ0n) is 14.5. The number of benzene rings is 2. The molecule has 3 rings (SSSR count). The zero-order chi connectivity index (χ0) is 17.6. The highest BCUT2D eigenvalue weighted by molar-refractivity contribution is 8.00. The van der Waals surface area contributed by atoms with Crippen molar-refractivity contribution in [2.45, 2.75) is 18.9 Å². The Labute approximate surface area is 152 Å². The lowest BCUT2D eigenvalue weighted by molar-refractivity contribution is -0.127. The Hall–Kier alpha value is -2.40. The molecule has 0 aliphatic heterocycles. The van der Waals surface area contributed by atoms with Crippen molar-refractivity contribution in [1.82, 2.24) is 15.1 Å². The number of carbonyl (C=O) groups is 1. The molecular weight excluding hydrogens is 330 g/mol. The van der Waals surface area contributed by atoms with Gasteiger partial charge in [-0.15, -0.1) is 10.2 Å². The van der Waals surface area contributed by atoms with Gasteiger partial charge in [0, 0.05) is 29.4 Å². The van der Waals surface area contributed by atoms with Gasteiger partial charge in [0.05, 0.1) is 5.75 Å². The first kappa shape index (κ1) is 17.4. The second-order valence-electron chi connectivity index (χ2n) is 5.62. The SMILES string of the molecule is CCN(CC)C(=O)CSc1nnc(-c2ccccc2)c2ccccc12. The Kier molecular flexibility index (Phi) is 5.66. The lowest BCUT2D eigenvalue weighted by Gasteiger charge is -2.18. The first-order valence-corrected chi connectivity index (χ1v) is 9.44. The van der Waals surface area contributed by atoms with Crippen LogP contribution in [0.4, 0.5) is 0 Å². The number of nitrogens with zero attached hydrogens (tertiary/aromatic N) is 3. The first-order valence-electron chi connectivity index (χ1n) is 8.46. The van der Waals surface area contributed by atoms with E-state index in [1.54, 1.807) is 0 Å². The number of hydrogen-bond donors (Lipinski definition) is 0. The molecule has 0 atom stereocenters. The Morgan fingerprint density at radius 1 is 0.920 bits per heavy atom. The smallest absolute Gasteiger partial charge is 0.232 e. The maximum absolute atomic E-state index is 12.3. The zero-order valence-corrected chi connectivity index (χ0v) is 15.3. The van der Waals surface area contributed by atoms with Crippen LogP contribution in [0.2, 0.25) is 0 Å². The minimum absolute atomic E-state index is 0.132. The molecule has 5 heteroatoms. The third-order valence-corrected chi connectivity index (χ3v) is 5.12. The molecule has 25 heavy (non-hydrogen) atoms. The molecule has 0 aliphatic rings. The largest absolute Gasteiger partial charge is 0.343 e. The lowest BCUT2D eigenvalue weighted by Crippen LogP contribution is -2.31. The second kappa shape index (κ2) is 8.12. The number of hydrogen-bond acceptors (Lipinski definition) is 4. The topological polar surface area (TPSA) is 46.1 Å². The normalized spacial score (nSPS) is 10.8. The van der Waals surface area contributed by atoms with Crippen LogP contribution in [0.1, 0.15) is 13.8 Å². The van der Waals surface area contributed by atoms with E-state index in [1.807, 2.05) is 67.3 Å². The molecule has 1 amide bonds. The molecule has 0 bridgehead atoms. The molecule has 128 valence electrons. The van der Waals surface area contributed by atoms with Gasteiger partial charge >= 0.3 is 0 Å². The van der Waals surface area contributed by atoms with Gasteiger partial charge in [0.25, 0.3) is 0 Å². The highest BCUT2D eigenvalue weighted by Crippen LogP contribution is 2.31. The van der Waals surface area contributed by atoms with Gasteiger partial charge in [-0.25, -0.2) is 0 Å². The fraction of sp³-hybridized carbons (Fsp3) is 0.250. The molecule has 0 spiro atoms. The van der Waals surface area contributed by atoms with Gasteiger partial charge in [-0.3, -0.25) is 4.79 Å². The van der Waals surface area contributed by atoms with E-state index >= 15 is 0 Å². The van der Waals surface area contributed by atoms with Crippen molar-refractivity contribution in [3.63, 3.8) is 0 Å². The summed E-state index contributed by atoms with van der Waals surface area (Å²) < 4.78 is 0. The summed E-state index contributed by atoms with van der Waals surface area (Å²) in [6.07, 6.45) is 0. The highest BCUT2D eigenvalue weighted by Gasteiger charge is 2.14. The van der Waals surface area contributed by atoms with Gasteiger partial charge in [0.1, 0.15) is 10.7 Å². The van der Waals surface area contributed by atoms with Gasteiger partial charge in [-0.05, 0) is 13.8 Å². The van der Waals surface area contributed by atoms with Crippen molar-refractivity contribution in [1.29, 1.82) is 0 Å². The predicted octanol–water partition coefficient (Wildman–Crippen LogP) is 4.26. The average Bonchev–Trinajstić information content (AvgIpc) is 2.67. The Morgan fingerprint density at radius 2 is 1.56 bits per heavy atom. The van der Waals surface area contributed by atoms with E-state index in [4.69, 9.17) is 0 Å². The summed E-state index contributed by atoms with van der Waals surface area (Å²) >= 11 is 1.46. The van der Waals surface area contributed by atoms with Crippen LogP contribution in [-0.4, -0.2) is 39.8 Å². The molecular formula is C20H21N3OS. The van der Waals surface area contributed by atoms with Gasteiger partial charge in [0.2, 0.25) is 5.91 Å². The van der Waals surface area contributed by atoms with Crippen molar-refractivity contribution >= 4 is 28.4 Å². The molecule has 0 fully saturated rings. The molecule has 1 aromatic heterocycles. The maximum atomic E-state index is 12.3. The Morgan fingerprint density at radius 3 is 2.24 bits per heavy atom. The molecule has 1 heterocycles. The van der Waals surface area contributed by atoms with Crippen LogP contribution in [0.25, 0.3) is 22.0 Å². The van der Waals surface area contributed by atoms with E-state index in [2.05, 4.69) is 16.3 Å². The van der Waals surface area contributed by atoms with Crippen LogP contribution in [0.5, 0.6) is 0 Å². The van der Waals surface area contributed by atoms with E-state index < -0.39 is 0 Å². The van der Waals surface area contributed by atoms with E-state index in [-0.39, 0.29) is 5.91 Å². The molecule has 0 saturated carbocycles. The number of amides is 1. The van der Waals surface area contributed by atoms with Crippen LogP contribution in [-0.2, 0) is 4.79 Å². The summed E-state index contributed by atoms with van der Waals surface area (Å²) in [5, 5.41) is 11.7. The summed E-state index contributed by atoms with van der Waals surface area (Å²) in [6, 6.07) is 18.2. The van der Waals surface area contributed by atoms with Crippen molar-refractivity contribution < 1.29 is 4.79 Å². The summed E-state index contributed by atoms with van der Waals surface area (Å²) in [4.78, 5) is 14.1. The van der Waals surface area contributed by atoms with Crippen molar-refractivity contribution in [2.75, 3.05) is 18.8 Å². The van der Waals surface area contributed by atoms with Gasteiger partial charge < -0.3 is 4.90 Å². The minimum Gasteiger partial charge on any atom is -0.343 e. The molecule has 0 radical (unpaired) electrons. The second-order valence-corrected chi connectivity index (χ2v) is 6.58. The Balaban J connectivity index is 1.92. The average molecular weight is 351 g/mol. The maximum Gasteiger partial charge on any atom is 0.232 e. The summed E-state index contributed by atoms with van der Waals surface area (Å²) in [6.45, 7) is 5.45. The highest BCUT2D eigenvalue weighted by atomic mass is 32.2. The molecule has 0 N–H and O–H groups in total. The van der Waals surface area contributed by atoms with E-state index in [1.165, 1.54) is 11.8 Å². The number of rotatable bonds is 6. The van der Waals surface area contributed by atoms with E-state index in [9.17, 15) is 4.79 Å². The van der Waals surface area contributed by atoms with Crippen LogP contribution in [0, 0.1) is 0 Å².